The van der Waals surface area contributed by atoms with Crippen LogP contribution in [-0.2, 0) is 0 Å². The number of anilines is 2. The van der Waals surface area contributed by atoms with Crippen LogP contribution < -0.4 is 15.4 Å². The number of ether oxygens (including phenoxy) is 1. The number of thiophene rings is 1. The van der Waals surface area contributed by atoms with Gasteiger partial charge >= 0.3 is 0 Å². The van der Waals surface area contributed by atoms with Gasteiger partial charge in [0.05, 0.1) is 7.11 Å². The van der Waals surface area contributed by atoms with Crippen LogP contribution in [0.2, 0.25) is 0 Å². The van der Waals surface area contributed by atoms with Crippen molar-refractivity contribution in [1.82, 2.24) is 4.90 Å². The van der Waals surface area contributed by atoms with E-state index in [0.29, 0.717) is 28.4 Å². The molecule has 1 fully saturated rings. The number of rotatable bonds is 2. The zero-order valence-electron chi connectivity index (χ0n) is 11.8. The van der Waals surface area contributed by atoms with Gasteiger partial charge < -0.3 is 15.4 Å². The number of hydrogen-bond acceptors (Lipinski definition) is 6. The molecule has 1 saturated heterocycles. The number of likely N-dealkylation sites (N-methyl/N-ethyl adjacent to an activating group) is 1. The standard InChI is InChI=1S/C13H20N4OS/c1-8-6-17(7-9(2)16(8)3)13-12(18-4)11(15)10(5-14)19-13/h8-9H,6-7,15H2,1-4H3. The first kappa shape index (κ1) is 14.0. The Kier molecular flexibility index (Phi) is 3.88. The molecule has 6 heteroatoms. The second-order valence-corrected chi connectivity index (χ2v) is 6.06. The van der Waals surface area contributed by atoms with Crippen LogP contribution in [0.4, 0.5) is 10.7 Å². The molecular weight excluding hydrogens is 260 g/mol. The Morgan fingerprint density at radius 1 is 1.37 bits per heavy atom. The van der Waals surface area contributed by atoms with Gasteiger partial charge in [-0.1, -0.05) is 0 Å². The SMILES string of the molecule is COc1c(N2CC(C)N(C)C(C)C2)sc(C#N)c1N. The predicted octanol–water partition coefficient (Wildman–Crippen LogP) is 1.74. The Bertz CT molecular complexity index is 495. The minimum Gasteiger partial charge on any atom is -0.492 e. The van der Waals surface area contributed by atoms with E-state index in [0.717, 1.165) is 18.1 Å². The van der Waals surface area contributed by atoms with Crippen molar-refractivity contribution in [3.05, 3.63) is 4.88 Å². The Morgan fingerprint density at radius 2 is 1.95 bits per heavy atom. The van der Waals surface area contributed by atoms with Gasteiger partial charge in [-0.05, 0) is 20.9 Å². The summed E-state index contributed by atoms with van der Waals surface area (Å²) in [5.41, 5.74) is 6.42. The summed E-state index contributed by atoms with van der Waals surface area (Å²) in [5, 5.41) is 10.1. The highest BCUT2D eigenvalue weighted by molar-refractivity contribution is 7.17. The highest BCUT2D eigenvalue weighted by Gasteiger charge is 2.30. The van der Waals surface area contributed by atoms with Crippen LogP contribution in [0.5, 0.6) is 5.75 Å². The molecule has 0 aliphatic carbocycles. The van der Waals surface area contributed by atoms with Gasteiger partial charge in [0.15, 0.2) is 5.75 Å². The lowest BCUT2D eigenvalue weighted by Gasteiger charge is -2.43. The van der Waals surface area contributed by atoms with E-state index in [4.69, 9.17) is 15.7 Å². The number of nitrogens with two attached hydrogens (primary N) is 1. The maximum absolute atomic E-state index is 9.09. The molecule has 0 bridgehead atoms. The molecule has 0 radical (unpaired) electrons. The number of piperazine rings is 1. The van der Waals surface area contributed by atoms with E-state index < -0.39 is 0 Å². The third-order valence-electron chi connectivity index (χ3n) is 3.83. The van der Waals surface area contributed by atoms with E-state index in [1.807, 2.05) is 0 Å². The molecule has 2 unspecified atom stereocenters. The van der Waals surface area contributed by atoms with Crippen molar-refractivity contribution in [3.63, 3.8) is 0 Å². The lowest BCUT2D eigenvalue weighted by Crippen LogP contribution is -2.54. The molecule has 0 saturated carbocycles. The van der Waals surface area contributed by atoms with E-state index in [-0.39, 0.29) is 0 Å². The van der Waals surface area contributed by atoms with Crippen LogP contribution in [0, 0.1) is 11.3 Å². The molecule has 2 rings (SSSR count). The van der Waals surface area contributed by atoms with Gasteiger partial charge in [-0.25, -0.2) is 0 Å². The fourth-order valence-electron chi connectivity index (χ4n) is 2.48. The first-order valence-corrected chi connectivity index (χ1v) is 7.14. The summed E-state index contributed by atoms with van der Waals surface area (Å²) in [4.78, 5) is 5.17. The van der Waals surface area contributed by atoms with Gasteiger partial charge in [0, 0.05) is 25.2 Å². The van der Waals surface area contributed by atoms with Crippen molar-refractivity contribution < 1.29 is 4.74 Å². The molecule has 1 aromatic rings. The van der Waals surface area contributed by atoms with E-state index >= 15 is 0 Å². The largest absolute Gasteiger partial charge is 0.492 e. The molecule has 2 N–H and O–H groups in total. The number of methoxy groups -OCH3 is 1. The van der Waals surface area contributed by atoms with Crippen molar-refractivity contribution in [2.75, 3.05) is 37.9 Å². The van der Waals surface area contributed by atoms with E-state index in [2.05, 4.69) is 36.8 Å². The highest BCUT2D eigenvalue weighted by Crippen LogP contribution is 2.45. The summed E-state index contributed by atoms with van der Waals surface area (Å²) in [7, 11) is 3.75. The monoisotopic (exact) mass is 280 g/mol. The lowest BCUT2D eigenvalue weighted by molar-refractivity contribution is 0.170. The van der Waals surface area contributed by atoms with Crippen LogP contribution in [0.1, 0.15) is 18.7 Å². The van der Waals surface area contributed by atoms with Crippen molar-refractivity contribution >= 4 is 22.0 Å². The van der Waals surface area contributed by atoms with Crippen LogP contribution in [0.3, 0.4) is 0 Å². The minimum atomic E-state index is 0.460. The first-order chi connectivity index (χ1) is 8.99. The molecule has 0 aromatic carbocycles. The molecular formula is C13H20N4OS. The zero-order valence-corrected chi connectivity index (χ0v) is 12.6. The maximum Gasteiger partial charge on any atom is 0.177 e. The second kappa shape index (κ2) is 5.27. The molecule has 0 amide bonds. The smallest absolute Gasteiger partial charge is 0.177 e. The molecule has 0 spiro atoms. The molecule has 5 nitrogen and oxygen atoms in total. The van der Waals surface area contributed by atoms with Gasteiger partial charge in [-0.15, -0.1) is 11.3 Å². The number of hydrogen-bond donors (Lipinski definition) is 1. The summed E-state index contributed by atoms with van der Waals surface area (Å²) in [6.45, 7) is 6.25. The highest BCUT2D eigenvalue weighted by atomic mass is 32.1. The number of nitrogen functional groups attached to an aromatic ring is 1. The van der Waals surface area contributed by atoms with Crippen LogP contribution in [0.15, 0.2) is 0 Å². The molecule has 2 atom stereocenters. The Morgan fingerprint density at radius 3 is 2.42 bits per heavy atom. The number of nitriles is 1. The molecule has 19 heavy (non-hydrogen) atoms. The minimum absolute atomic E-state index is 0.460. The first-order valence-electron chi connectivity index (χ1n) is 6.32. The zero-order chi connectivity index (χ0) is 14.2. The van der Waals surface area contributed by atoms with Crippen LogP contribution in [0.25, 0.3) is 0 Å². The normalized spacial score (nSPS) is 24.3. The second-order valence-electron chi connectivity index (χ2n) is 5.06. The van der Waals surface area contributed by atoms with Crippen LogP contribution in [-0.4, -0.2) is 44.2 Å². The Hall–Kier alpha value is -1.45. The van der Waals surface area contributed by atoms with E-state index in [1.54, 1.807) is 7.11 Å². The van der Waals surface area contributed by atoms with Gasteiger partial charge in [-0.2, -0.15) is 5.26 Å². The van der Waals surface area contributed by atoms with Crippen molar-refractivity contribution in [2.45, 2.75) is 25.9 Å². The predicted molar refractivity (Wildman–Crippen MR) is 78.9 cm³/mol. The average Bonchev–Trinajstić information content (AvgIpc) is 2.71. The van der Waals surface area contributed by atoms with Crippen molar-refractivity contribution in [1.29, 1.82) is 5.26 Å². The topological polar surface area (TPSA) is 65.5 Å². The summed E-state index contributed by atoms with van der Waals surface area (Å²) in [5.74, 6) is 0.644. The summed E-state index contributed by atoms with van der Waals surface area (Å²) < 4.78 is 5.39. The molecule has 1 aliphatic rings. The van der Waals surface area contributed by atoms with Gasteiger partial charge in [0.25, 0.3) is 0 Å². The fourth-order valence-corrected chi connectivity index (χ4v) is 3.48. The van der Waals surface area contributed by atoms with E-state index in [9.17, 15) is 0 Å². The fraction of sp³-hybridized carbons (Fsp3) is 0.615. The third-order valence-corrected chi connectivity index (χ3v) is 4.99. The quantitative estimate of drug-likeness (QED) is 0.894. The molecule has 1 aliphatic heterocycles. The molecule has 2 heterocycles. The van der Waals surface area contributed by atoms with Crippen molar-refractivity contribution in [2.24, 2.45) is 0 Å². The average molecular weight is 280 g/mol. The third kappa shape index (κ3) is 2.36. The Balaban J connectivity index is 2.35. The Labute approximate surface area is 118 Å². The van der Waals surface area contributed by atoms with Gasteiger partial charge in [0.2, 0.25) is 0 Å². The summed E-state index contributed by atoms with van der Waals surface area (Å²) in [6, 6.07) is 3.06. The summed E-state index contributed by atoms with van der Waals surface area (Å²) in [6.07, 6.45) is 0. The molecule has 104 valence electrons. The molecule has 1 aromatic heterocycles. The lowest BCUT2D eigenvalue weighted by atomic mass is 10.1. The van der Waals surface area contributed by atoms with Crippen molar-refractivity contribution in [3.8, 4) is 11.8 Å². The van der Waals surface area contributed by atoms with Gasteiger partial charge in [0.1, 0.15) is 21.6 Å². The van der Waals surface area contributed by atoms with Gasteiger partial charge in [-0.3, -0.25) is 4.90 Å². The van der Waals surface area contributed by atoms with E-state index in [1.165, 1.54) is 11.3 Å². The summed E-state index contributed by atoms with van der Waals surface area (Å²) >= 11 is 1.42. The number of nitrogens with zero attached hydrogens (tertiary/aromatic N) is 3. The van der Waals surface area contributed by atoms with Crippen LogP contribution >= 0.6 is 11.3 Å². The maximum atomic E-state index is 9.09.